The fourth-order valence-corrected chi connectivity index (χ4v) is 6.19. The predicted molar refractivity (Wildman–Crippen MR) is 102 cm³/mol. The van der Waals surface area contributed by atoms with Crippen molar-refractivity contribution in [3.63, 3.8) is 0 Å². The van der Waals surface area contributed by atoms with E-state index in [0.29, 0.717) is 0 Å². The number of rotatable bonds is 9. The average molecular weight is 550 g/mol. The fourth-order valence-electron chi connectivity index (χ4n) is 2.41. The lowest BCUT2D eigenvalue weighted by molar-refractivity contribution is -0.112. The number of nitrogens with zero attached hydrogens (tertiary/aromatic N) is 2. The molecule has 2 unspecified atom stereocenters. The summed E-state index contributed by atoms with van der Waals surface area (Å²) in [7, 11) is -16.9. The van der Waals surface area contributed by atoms with Gasteiger partial charge in [-0.15, -0.1) is 23.2 Å². The Labute approximate surface area is 182 Å². The van der Waals surface area contributed by atoms with Crippen LogP contribution in [0.1, 0.15) is 6.23 Å². The van der Waals surface area contributed by atoms with Gasteiger partial charge >= 0.3 is 29.2 Å². The highest BCUT2D eigenvalue weighted by atomic mass is 35.5. The van der Waals surface area contributed by atoms with E-state index in [4.69, 9.17) is 48.4 Å². The van der Waals surface area contributed by atoms with Gasteiger partial charge in [-0.2, -0.15) is 13.6 Å². The van der Waals surface area contributed by atoms with Crippen LogP contribution >= 0.6 is 46.7 Å². The number of aliphatic hydroxyl groups excluding tert-OH is 1. The summed E-state index contributed by atoms with van der Waals surface area (Å²) in [5.41, 5.74) is 2.45. The van der Waals surface area contributed by atoms with Crippen molar-refractivity contribution in [1.29, 1.82) is 0 Å². The van der Waals surface area contributed by atoms with Crippen molar-refractivity contribution in [3.8, 4) is 0 Å². The fraction of sp³-hybridized carbons (Fsp3) is 0.600. The van der Waals surface area contributed by atoms with Gasteiger partial charge in [0.15, 0.2) is 6.23 Å². The summed E-state index contributed by atoms with van der Waals surface area (Å²) in [5.74, 6) is -0.733. The molecule has 0 bridgehead atoms. The number of nitrogen functional groups attached to an aromatic ring is 1. The Morgan fingerprint density at radius 3 is 2.35 bits per heavy atom. The summed E-state index contributed by atoms with van der Waals surface area (Å²) in [6.07, 6.45) is -1.95. The van der Waals surface area contributed by atoms with Crippen molar-refractivity contribution >= 4 is 52.5 Å². The molecule has 21 heteroatoms. The lowest BCUT2D eigenvalue weighted by atomic mass is 10.00. The third kappa shape index (κ3) is 6.79. The SMILES string of the molecule is Nc1ccn([C@@H]2O[C@](CCl)(COP(=O)(O)OP(=O)(O)OP(=O)(O)O)[C@@H](O)[C@H]2Cl)c(=O)n1. The number of halogens is 2. The van der Waals surface area contributed by atoms with Crippen LogP contribution in [0, 0.1) is 0 Å². The second kappa shape index (κ2) is 9.45. The maximum absolute atomic E-state index is 12.0. The molecule has 2 rings (SSSR count). The number of anilines is 1. The van der Waals surface area contributed by atoms with Crippen LogP contribution in [-0.2, 0) is 31.6 Å². The molecule has 16 nitrogen and oxygen atoms in total. The summed E-state index contributed by atoms with van der Waals surface area (Å²) >= 11 is 11.9. The van der Waals surface area contributed by atoms with Crippen LogP contribution in [0.4, 0.5) is 5.82 Å². The Hall–Kier alpha value is -0.410. The van der Waals surface area contributed by atoms with Crippen LogP contribution < -0.4 is 11.4 Å². The lowest BCUT2D eigenvalue weighted by Crippen LogP contribution is -2.47. The van der Waals surface area contributed by atoms with Crippen molar-refractivity contribution < 1.29 is 56.3 Å². The Morgan fingerprint density at radius 2 is 1.84 bits per heavy atom. The number of hydrogen-bond donors (Lipinski definition) is 6. The van der Waals surface area contributed by atoms with Gasteiger partial charge in [-0.25, -0.2) is 18.5 Å². The highest BCUT2D eigenvalue weighted by Gasteiger charge is 2.56. The molecule has 0 radical (unpaired) electrons. The summed E-state index contributed by atoms with van der Waals surface area (Å²) in [6.45, 7) is -1.09. The molecule has 1 aromatic heterocycles. The van der Waals surface area contributed by atoms with Crippen molar-refractivity contribution in [2.45, 2.75) is 23.3 Å². The smallest absolute Gasteiger partial charge is 0.388 e. The maximum Gasteiger partial charge on any atom is 0.490 e. The first-order valence-corrected chi connectivity index (χ1v) is 13.2. The van der Waals surface area contributed by atoms with Gasteiger partial charge in [-0.3, -0.25) is 9.09 Å². The number of aliphatic hydroxyl groups is 1. The minimum absolute atomic E-state index is 0.109. The Kier molecular flexibility index (Phi) is 8.18. The number of aromatic nitrogens is 2. The van der Waals surface area contributed by atoms with Crippen LogP contribution in [0.25, 0.3) is 0 Å². The van der Waals surface area contributed by atoms with Crippen LogP contribution in [0.3, 0.4) is 0 Å². The molecule has 2 heterocycles. The molecule has 1 aliphatic heterocycles. The number of alkyl halides is 2. The zero-order chi connectivity index (χ0) is 23.8. The molecule has 0 amide bonds. The molecule has 6 atom stereocenters. The molecule has 1 fully saturated rings. The van der Waals surface area contributed by atoms with Gasteiger partial charge < -0.3 is 35.2 Å². The van der Waals surface area contributed by atoms with Crippen LogP contribution in [-0.4, -0.2) is 63.8 Å². The van der Waals surface area contributed by atoms with E-state index in [1.54, 1.807) is 0 Å². The third-order valence-electron chi connectivity index (χ3n) is 3.71. The van der Waals surface area contributed by atoms with Gasteiger partial charge in [0.2, 0.25) is 0 Å². The molecule has 0 aromatic carbocycles. The van der Waals surface area contributed by atoms with E-state index in [2.05, 4.69) is 18.1 Å². The van der Waals surface area contributed by atoms with Gasteiger partial charge in [0.05, 0.1) is 12.5 Å². The van der Waals surface area contributed by atoms with E-state index in [0.717, 1.165) is 10.8 Å². The van der Waals surface area contributed by atoms with Gasteiger partial charge in [0.1, 0.15) is 22.9 Å². The number of ether oxygens (including phenoxy) is 1. The molecule has 1 aromatic rings. The molecule has 0 aliphatic carbocycles. The number of nitrogens with two attached hydrogens (primary N) is 1. The highest BCUT2D eigenvalue weighted by Crippen LogP contribution is 2.66. The highest BCUT2D eigenvalue weighted by molar-refractivity contribution is 7.66. The molecule has 1 saturated heterocycles. The number of hydrogen-bond acceptors (Lipinski definition) is 11. The molecular weight excluding hydrogens is 534 g/mol. The normalized spacial score (nSPS) is 30.6. The summed E-state index contributed by atoms with van der Waals surface area (Å²) in [6, 6.07) is 1.23. The maximum atomic E-state index is 12.0. The van der Waals surface area contributed by atoms with Gasteiger partial charge in [-0.05, 0) is 6.07 Å². The molecule has 31 heavy (non-hydrogen) atoms. The Morgan fingerprint density at radius 1 is 1.23 bits per heavy atom. The summed E-state index contributed by atoms with van der Waals surface area (Å²) < 4.78 is 51.9. The van der Waals surface area contributed by atoms with Gasteiger partial charge in [-0.1, -0.05) is 0 Å². The van der Waals surface area contributed by atoms with E-state index in [1.165, 1.54) is 6.07 Å². The number of phosphoric acid groups is 3. The van der Waals surface area contributed by atoms with Crippen molar-refractivity contribution in [1.82, 2.24) is 9.55 Å². The van der Waals surface area contributed by atoms with Crippen molar-refractivity contribution in [2.75, 3.05) is 18.2 Å². The minimum atomic E-state index is -5.76. The zero-order valence-electron chi connectivity index (χ0n) is 14.9. The topological polar surface area (TPSA) is 250 Å². The minimum Gasteiger partial charge on any atom is -0.388 e. The van der Waals surface area contributed by atoms with Crippen molar-refractivity contribution in [2.24, 2.45) is 0 Å². The van der Waals surface area contributed by atoms with Gasteiger partial charge in [0, 0.05) is 6.20 Å². The first-order valence-electron chi connectivity index (χ1n) is 7.70. The van der Waals surface area contributed by atoms with Gasteiger partial charge in [0.25, 0.3) is 0 Å². The predicted octanol–water partition coefficient (Wildman–Crippen LogP) is -0.357. The summed E-state index contributed by atoms with van der Waals surface area (Å²) in [4.78, 5) is 51.2. The van der Waals surface area contributed by atoms with Crippen LogP contribution in [0.15, 0.2) is 17.1 Å². The molecular formula is C10H16Cl2N3O13P3. The van der Waals surface area contributed by atoms with E-state index in [1.807, 2.05) is 0 Å². The molecule has 7 N–H and O–H groups in total. The standard InChI is InChI=1S/C10H16Cl2N3O13P3/c11-3-10(4-25-30(21,22)28-31(23,24)27-29(18,19)20)7(16)6(12)8(26-10)15-2-1-5(13)14-9(15)17/h1-2,6-8,16H,3-4H2,(H,21,22)(H,23,24)(H2,13,14,17)(H2,18,19,20)/t6-,7+,8-,10-/m1/s1. The second-order valence-corrected chi connectivity index (χ2v) is 11.2. The Bertz CT molecular complexity index is 1020. The van der Waals surface area contributed by atoms with E-state index < -0.39 is 65.0 Å². The zero-order valence-corrected chi connectivity index (χ0v) is 19.1. The first kappa shape index (κ1) is 26.8. The first-order chi connectivity index (χ1) is 14.0. The Balaban J connectivity index is 2.20. The van der Waals surface area contributed by atoms with Crippen molar-refractivity contribution in [3.05, 3.63) is 22.7 Å². The van der Waals surface area contributed by atoms with Crippen LogP contribution in [0.2, 0.25) is 0 Å². The van der Waals surface area contributed by atoms with E-state index in [-0.39, 0.29) is 5.82 Å². The molecule has 0 saturated carbocycles. The summed E-state index contributed by atoms with van der Waals surface area (Å²) in [5, 5.41) is 9.09. The molecule has 1 aliphatic rings. The van der Waals surface area contributed by atoms with Crippen LogP contribution in [0.5, 0.6) is 0 Å². The largest absolute Gasteiger partial charge is 0.490 e. The quantitative estimate of drug-likeness (QED) is 0.170. The third-order valence-corrected chi connectivity index (χ3v) is 8.40. The number of phosphoric ester groups is 1. The molecule has 0 spiro atoms. The second-order valence-electron chi connectivity index (χ2n) is 6.00. The van der Waals surface area contributed by atoms with E-state index >= 15 is 0 Å². The average Bonchev–Trinajstić information content (AvgIpc) is 2.82. The van der Waals surface area contributed by atoms with E-state index in [9.17, 15) is 28.5 Å². The lowest BCUT2D eigenvalue weighted by Gasteiger charge is -2.30. The monoisotopic (exact) mass is 549 g/mol. The molecule has 178 valence electrons.